The molecule has 78 valence electrons. The van der Waals surface area contributed by atoms with Crippen LogP contribution in [0.1, 0.15) is 33.1 Å². The van der Waals surface area contributed by atoms with Gasteiger partial charge in [-0.25, -0.2) is 0 Å². The van der Waals surface area contributed by atoms with Gasteiger partial charge in [0.05, 0.1) is 0 Å². The lowest BCUT2D eigenvalue weighted by atomic mass is 10.0. The molecule has 0 aromatic rings. The minimum atomic E-state index is 0.726. The average molecular weight is 184 g/mol. The zero-order chi connectivity index (χ0) is 9.68. The van der Waals surface area contributed by atoms with Crippen LogP contribution in [-0.2, 0) is 0 Å². The van der Waals surface area contributed by atoms with Crippen LogP contribution in [0.3, 0.4) is 0 Å². The summed E-state index contributed by atoms with van der Waals surface area (Å²) >= 11 is 0. The molecule has 1 saturated carbocycles. The molecule has 0 heterocycles. The van der Waals surface area contributed by atoms with E-state index in [1.807, 2.05) is 0 Å². The fraction of sp³-hybridized carbons (Fsp3) is 1.00. The van der Waals surface area contributed by atoms with Crippen LogP contribution in [0.5, 0.6) is 0 Å². The highest BCUT2D eigenvalue weighted by atomic mass is 14.9. The molecule has 0 aliphatic heterocycles. The molecule has 0 saturated heterocycles. The van der Waals surface area contributed by atoms with E-state index < -0.39 is 0 Å². The fourth-order valence-corrected chi connectivity index (χ4v) is 1.77. The predicted octanol–water partition coefficient (Wildman–Crippen LogP) is 1.61. The summed E-state index contributed by atoms with van der Waals surface area (Å²) in [5, 5.41) is 3.52. The van der Waals surface area contributed by atoms with Gasteiger partial charge in [0, 0.05) is 0 Å². The first kappa shape index (κ1) is 11.0. The number of hydrogen-bond donors (Lipinski definition) is 2. The van der Waals surface area contributed by atoms with E-state index in [0.29, 0.717) is 0 Å². The van der Waals surface area contributed by atoms with Crippen molar-refractivity contribution < 1.29 is 0 Å². The quantitative estimate of drug-likeness (QED) is 0.590. The van der Waals surface area contributed by atoms with Crippen molar-refractivity contribution in [2.24, 2.45) is 23.5 Å². The SMILES string of the molecule is CCC(CN)CCNCC1CC1C. The van der Waals surface area contributed by atoms with E-state index in [1.54, 1.807) is 0 Å². The summed E-state index contributed by atoms with van der Waals surface area (Å²) < 4.78 is 0. The molecule has 2 heteroatoms. The van der Waals surface area contributed by atoms with Crippen LogP contribution < -0.4 is 11.1 Å². The number of nitrogens with two attached hydrogens (primary N) is 1. The number of nitrogens with one attached hydrogen (secondary N) is 1. The smallest absolute Gasteiger partial charge is 0.00179 e. The largest absolute Gasteiger partial charge is 0.330 e. The maximum Gasteiger partial charge on any atom is -0.00179 e. The van der Waals surface area contributed by atoms with Gasteiger partial charge in [-0.05, 0) is 50.2 Å². The Labute approximate surface area is 82.3 Å². The standard InChI is InChI=1S/C11H24N2/c1-3-10(7-12)4-5-13-8-11-6-9(11)2/h9-11,13H,3-8,12H2,1-2H3. The topological polar surface area (TPSA) is 38.0 Å². The first-order chi connectivity index (χ1) is 6.27. The second-order valence-electron chi connectivity index (χ2n) is 4.48. The summed E-state index contributed by atoms with van der Waals surface area (Å²) in [5.41, 5.74) is 5.63. The Morgan fingerprint density at radius 2 is 2.23 bits per heavy atom. The van der Waals surface area contributed by atoms with E-state index in [1.165, 1.54) is 25.8 Å². The van der Waals surface area contributed by atoms with Crippen LogP contribution in [0, 0.1) is 17.8 Å². The summed E-state index contributed by atoms with van der Waals surface area (Å²) in [4.78, 5) is 0. The van der Waals surface area contributed by atoms with E-state index >= 15 is 0 Å². The van der Waals surface area contributed by atoms with Crippen molar-refractivity contribution in [3.05, 3.63) is 0 Å². The molecule has 1 aliphatic rings. The molecule has 1 aliphatic carbocycles. The summed E-state index contributed by atoms with van der Waals surface area (Å²) in [6.45, 7) is 7.78. The molecule has 0 amide bonds. The van der Waals surface area contributed by atoms with E-state index in [0.717, 1.165) is 30.8 Å². The highest BCUT2D eigenvalue weighted by Gasteiger charge is 2.31. The van der Waals surface area contributed by atoms with E-state index in [-0.39, 0.29) is 0 Å². The van der Waals surface area contributed by atoms with Crippen LogP contribution in [-0.4, -0.2) is 19.6 Å². The molecule has 0 aromatic carbocycles. The van der Waals surface area contributed by atoms with Gasteiger partial charge in [0.25, 0.3) is 0 Å². The van der Waals surface area contributed by atoms with Crippen LogP contribution in [0.4, 0.5) is 0 Å². The zero-order valence-electron chi connectivity index (χ0n) is 9.05. The molecule has 3 unspecified atom stereocenters. The first-order valence-electron chi connectivity index (χ1n) is 5.68. The Kier molecular flexibility index (Phi) is 4.74. The lowest BCUT2D eigenvalue weighted by Gasteiger charge is -2.12. The fourth-order valence-electron chi connectivity index (χ4n) is 1.77. The Morgan fingerprint density at radius 1 is 1.54 bits per heavy atom. The first-order valence-corrected chi connectivity index (χ1v) is 5.68. The third kappa shape index (κ3) is 4.10. The highest BCUT2D eigenvalue weighted by molar-refractivity contribution is 4.83. The molecule has 13 heavy (non-hydrogen) atoms. The van der Waals surface area contributed by atoms with Gasteiger partial charge >= 0.3 is 0 Å². The van der Waals surface area contributed by atoms with Crippen LogP contribution in [0.25, 0.3) is 0 Å². The third-order valence-electron chi connectivity index (χ3n) is 3.32. The third-order valence-corrected chi connectivity index (χ3v) is 3.32. The summed E-state index contributed by atoms with van der Waals surface area (Å²) in [6, 6.07) is 0. The minimum absolute atomic E-state index is 0.726. The van der Waals surface area contributed by atoms with Gasteiger partial charge in [-0.1, -0.05) is 20.3 Å². The van der Waals surface area contributed by atoms with Gasteiger partial charge in [0.1, 0.15) is 0 Å². The monoisotopic (exact) mass is 184 g/mol. The van der Waals surface area contributed by atoms with Crippen molar-refractivity contribution in [3.63, 3.8) is 0 Å². The molecule has 3 atom stereocenters. The lowest BCUT2D eigenvalue weighted by Crippen LogP contribution is -2.23. The minimum Gasteiger partial charge on any atom is -0.330 e. The van der Waals surface area contributed by atoms with Crippen molar-refractivity contribution in [3.8, 4) is 0 Å². The van der Waals surface area contributed by atoms with Crippen LogP contribution in [0.15, 0.2) is 0 Å². The summed E-state index contributed by atoms with van der Waals surface area (Å²) in [7, 11) is 0. The maximum absolute atomic E-state index is 5.63. The maximum atomic E-state index is 5.63. The van der Waals surface area contributed by atoms with Gasteiger partial charge in [-0.2, -0.15) is 0 Å². The van der Waals surface area contributed by atoms with E-state index in [9.17, 15) is 0 Å². The van der Waals surface area contributed by atoms with Crippen LogP contribution >= 0.6 is 0 Å². The Balaban J connectivity index is 1.88. The van der Waals surface area contributed by atoms with E-state index in [2.05, 4.69) is 19.2 Å². The second-order valence-corrected chi connectivity index (χ2v) is 4.48. The Morgan fingerprint density at radius 3 is 2.69 bits per heavy atom. The van der Waals surface area contributed by atoms with Crippen molar-refractivity contribution in [1.82, 2.24) is 5.32 Å². The summed E-state index contributed by atoms with van der Waals surface area (Å²) in [6.07, 6.45) is 3.90. The molecule has 0 spiro atoms. The molecule has 0 bridgehead atoms. The normalized spacial score (nSPS) is 28.8. The molecule has 0 radical (unpaired) electrons. The van der Waals surface area contributed by atoms with Gasteiger partial charge in [0.2, 0.25) is 0 Å². The van der Waals surface area contributed by atoms with Crippen molar-refractivity contribution in [2.75, 3.05) is 19.6 Å². The molecule has 0 aromatic heterocycles. The van der Waals surface area contributed by atoms with Gasteiger partial charge in [-0.3, -0.25) is 0 Å². The average Bonchev–Trinajstić information content (AvgIpc) is 2.83. The van der Waals surface area contributed by atoms with E-state index in [4.69, 9.17) is 5.73 Å². The van der Waals surface area contributed by atoms with Crippen molar-refractivity contribution >= 4 is 0 Å². The van der Waals surface area contributed by atoms with Crippen molar-refractivity contribution in [1.29, 1.82) is 0 Å². The van der Waals surface area contributed by atoms with Gasteiger partial charge in [0.15, 0.2) is 0 Å². The Bertz CT molecular complexity index is 132. The van der Waals surface area contributed by atoms with Crippen LogP contribution in [0.2, 0.25) is 0 Å². The molecule has 2 nitrogen and oxygen atoms in total. The molecular weight excluding hydrogens is 160 g/mol. The van der Waals surface area contributed by atoms with Gasteiger partial charge < -0.3 is 11.1 Å². The molecular formula is C11H24N2. The van der Waals surface area contributed by atoms with Gasteiger partial charge in [-0.15, -0.1) is 0 Å². The number of rotatable bonds is 7. The lowest BCUT2D eigenvalue weighted by molar-refractivity contribution is 0.455. The molecule has 1 fully saturated rings. The Hall–Kier alpha value is -0.0800. The molecule has 1 rings (SSSR count). The molecule has 3 N–H and O–H groups in total. The predicted molar refractivity (Wildman–Crippen MR) is 57.6 cm³/mol. The zero-order valence-corrected chi connectivity index (χ0v) is 9.05. The van der Waals surface area contributed by atoms with Crippen molar-refractivity contribution in [2.45, 2.75) is 33.1 Å². The second kappa shape index (κ2) is 5.61. The number of hydrogen-bond acceptors (Lipinski definition) is 2. The highest BCUT2D eigenvalue weighted by Crippen LogP contribution is 2.36. The summed E-state index contributed by atoms with van der Waals surface area (Å²) in [5.74, 6) is 2.67.